The molecule has 1 aliphatic heterocycles. The van der Waals surface area contributed by atoms with E-state index in [1.54, 1.807) is 12.1 Å². The second-order valence-corrected chi connectivity index (χ2v) is 17.5. The van der Waals surface area contributed by atoms with E-state index in [1.165, 1.54) is 26.6 Å². The number of aryl methyl sites for hydroxylation is 2. The molecule has 3 heterocycles. The van der Waals surface area contributed by atoms with E-state index >= 15 is 0 Å². The molecular weight excluding hydrogens is 882 g/mol. The Labute approximate surface area is 372 Å². The number of aromatic nitrogens is 3. The Bertz CT molecular complexity index is 2180. The summed E-state index contributed by atoms with van der Waals surface area (Å²) in [7, 11) is -3.88. The molecule has 0 bridgehead atoms. The topological polar surface area (TPSA) is 313 Å². The van der Waals surface area contributed by atoms with Crippen molar-refractivity contribution in [3.05, 3.63) is 92.0 Å². The molecule has 4 atom stereocenters. The van der Waals surface area contributed by atoms with Crippen molar-refractivity contribution in [1.82, 2.24) is 29.2 Å². The molecule has 1 aliphatic rings. The number of nitrogens with zero attached hydrogens (tertiary/aromatic N) is 5. The average Bonchev–Trinajstić information content (AvgIpc) is 3.58. The van der Waals surface area contributed by atoms with E-state index in [4.69, 9.17) is 21.5 Å². The van der Waals surface area contributed by atoms with Crippen LogP contribution < -0.4 is 21.9 Å². The number of anilines is 1. The Kier molecular flexibility index (Phi) is 19.7. The Morgan fingerprint density at radius 1 is 0.859 bits per heavy atom. The van der Waals surface area contributed by atoms with Crippen LogP contribution in [0.5, 0.6) is 0 Å². The van der Waals surface area contributed by atoms with Gasteiger partial charge in [0.15, 0.2) is 5.11 Å². The van der Waals surface area contributed by atoms with E-state index in [9.17, 15) is 63.8 Å². The molecule has 1 fully saturated rings. The lowest BCUT2D eigenvalue weighted by Crippen LogP contribution is -2.40. The Balaban J connectivity index is 1.25. The summed E-state index contributed by atoms with van der Waals surface area (Å²) in [6.45, 7) is -1.22. The maximum Gasteiger partial charge on any atom is 0.333 e. The molecule has 2 aromatic heterocycles. The first kappa shape index (κ1) is 51.2. The summed E-state index contributed by atoms with van der Waals surface area (Å²) in [5.41, 5.74) is 2.05. The maximum atomic E-state index is 13.2. The number of ether oxygens (including phenoxy) is 1. The van der Waals surface area contributed by atoms with Crippen molar-refractivity contribution in [3.63, 3.8) is 0 Å². The molecule has 4 rings (SSSR count). The number of unbranched alkanes of at least 4 members (excludes halogenated alkanes) is 3. The molecule has 0 amide bonds. The predicted molar refractivity (Wildman–Crippen MR) is 233 cm³/mol. The summed E-state index contributed by atoms with van der Waals surface area (Å²) in [5.74, 6) is -4.93. The van der Waals surface area contributed by atoms with Gasteiger partial charge in [0.05, 0.1) is 50.3 Å². The van der Waals surface area contributed by atoms with Crippen LogP contribution in [0.3, 0.4) is 0 Å². The summed E-state index contributed by atoms with van der Waals surface area (Å²) in [6.07, 6.45) is 2.45. The number of thiocarbonyl (C=S) groups is 1. The lowest BCUT2D eigenvalue weighted by atomic mass is 10.0. The number of carboxylic acids is 4. The SMILES string of the molecule is CP(=O)(O)O[C@@H]1C[C@H](n2ccc(=O)n(CCCCCCNC(=S)Nc3ccc(CCc4cc(CN(CC(=O)O)CC(=O)O)nc(CN(CC(=O)O)CC(=O)O)c4)cc3)c2=O)O[C@@H]1CO. The zero-order valence-electron chi connectivity index (χ0n) is 35.1. The van der Waals surface area contributed by atoms with Gasteiger partial charge in [-0.05, 0) is 73.3 Å². The number of benzene rings is 1. The lowest BCUT2D eigenvalue weighted by Gasteiger charge is -2.21. The van der Waals surface area contributed by atoms with E-state index in [2.05, 4.69) is 15.6 Å². The van der Waals surface area contributed by atoms with Gasteiger partial charge in [0.2, 0.25) is 0 Å². The van der Waals surface area contributed by atoms with E-state index in [0.29, 0.717) is 42.3 Å². The van der Waals surface area contributed by atoms with Crippen molar-refractivity contribution in [3.8, 4) is 0 Å². The highest BCUT2D eigenvalue weighted by Crippen LogP contribution is 2.43. The number of hydrogen-bond donors (Lipinski definition) is 8. The molecule has 0 saturated carbocycles. The number of nitrogens with one attached hydrogen (secondary N) is 2. The van der Waals surface area contributed by atoms with E-state index in [1.807, 2.05) is 24.3 Å². The van der Waals surface area contributed by atoms with Crippen LogP contribution in [0.2, 0.25) is 0 Å². The van der Waals surface area contributed by atoms with Crippen LogP contribution in [0.1, 0.15) is 60.8 Å². The monoisotopic (exact) mass is 935 g/mol. The number of rotatable bonds is 27. The maximum absolute atomic E-state index is 13.2. The van der Waals surface area contributed by atoms with Gasteiger partial charge in [-0.3, -0.25) is 52.5 Å². The molecule has 24 heteroatoms. The summed E-state index contributed by atoms with van der Waals surface area (Å²) in [6, 6.07) is 12.2. The highest BCUT2D eigenvalue weighted by Gasteiger charge is 2.40. The largest absolute Gasteiger partial charge is 0.480 e. The van der Waals surface area contributed by atoms with Gasteiger partial charge in [-0.25, -0.2) is 4.79 Å². The Hall–Kier alpha value is -5.39. The number of aliphatic hydroxyl groups excluding tert-OH is 1. The van der Waals surface area contributed by atoms with Gasteiger partial charge in [0.1, 0.15) is 12.3 Å². The number of hydrogen-bond acceptors (Lipinski definition) is 14. The van der Waals surface area contributed by atoms with Crippen molar-refractivity contribution in [1.29, 1.82) is 0 Å². The molecule has 1 saturated heterocycles. The van der Waals surface area contributed by atoms with Crippen molar-refractivity contribution >= 4 is 54.5 Å². The third kappa shape index (κ3) is 17.6. The zero-order chi connectivity index (χ0) is 47.0. The molecule has 350 valence electrons. The molecule has 64 heavy (non-hydrogen) atoms. The van der Waals surface area contributed by atoms with Crippen LogP contribution in [-0.4, -0.2) is 142 Å². The quantitative estimate of drug-likeness (QED) is 0.0302. The molecule has 3 aromatic rings. The fourth-order valence-corrected chi connectivity index (χ4v) is 8.05. The average molecular weight is 936 g/mol. The second-order valence-electron chi connectivity index (χ2n) is 15.3. The second kappa shape index (κ2) is 24.6. The molecule has 0 spiro atoms. The minimum atomic E-state index is -3.88. The van der Waals surface area contributed by atoms with Gasteiger partial charge >= 0.3 is 37.2 Å². The predicted octanol–water partition coefficient (Wildman–Crippen LogP) is 1.16. The minimum absolute atomic E-state index is 0.0348. The Morgan fingerprint density at radius 2 is 1.41 bits per heavy atom. The van der Waals surface area contributed by atoms with Crippen LogP contribution in [0.4, 0.5) is 5.69 Å². The number of pyridine rings is 1. The summed E-state index contributed by atoms with van der Waals surface area (Å²) in [4.78, 5) is 87.8. The van der Waals surface area contributed by atoms with Crippen LogP contribution >= 0.6 is 19.8 Å². The number of carbonyl (C=O) groups is 4. The van der Waals surface area contributed by atoms with E-state index in [-0.39, 0.29) is 26.1 Å². The minimum Gasteiger partial charge on any atom is -0.480 e. The van der Waals surface area contributed by atoms with Gasteiger partial charge in [-0.15, -0.1) is 0 Å². The normalized spacial score (nSPS) is 17.0. The first-order valence-electron chi connectivity index (χ1n) is 20.3. The first-order valence-corrected chi connectivity index (χ1v) is 22.7. The van der Waals surface area contributed by atoms with Gasteiger partial charge in [-0.2, -0.15) is 0 Å². The fraction of sp³-hybridized carbons (Fsp3) is 0.500. The number of carboxylic acid groups (broad SMARTS) is 4. The fourth-order valence-electron chi connectivity index (χ4n) is 7.11. The highest BCUT2D eigenvalue weighted by molar-refractivity contribution is 7.80. The third-order valence-electron chi connectivity index (χ3n) is 9.80. The molecule has 0 aliphatic carbocycles. The molecular formula is C40H54N7O15PS. The van der Waals surface area contributed by atoms with E-state index < -0.39 is 93.9 Å². The molecule has 22 nitrogen and oxygen atoms in total. The zero-order valence-corrected chi connectivity index (χ0v) is 36.8. The van der Waals surface area contributed by atoms with Crippen molar-refractivity contribution in [2.75, 3.05) is 51.3 Å². The van der Waals surface area contributed by atoms with Gasteiger partial charge < -0.3 is 50.3 Å². The summed E-state index contributed by atoms with van der Waals surface area (Å²) < 4.78 is 25.0. The highest BCUT2D eigenvalue weighted by atomic mass is 32.1. The van der Waals surface area contributed by atoms with Crippen LogP contribution in [-0.2, 0) is 65.5 Å². The van der Waals surface area contributed by atoms with Crippen molar-refractivity contribution in [2.24, 2.45) is 0 Å². The first-order chi connectivity index (χ1) is 30.3. The standard InChI is InChI=1S/C40H54N7O15PS/c1-63(59,60)62-31-18-34(61-32(31)25-48)47-15-12-33(49)46(40(47)58)14-5-3-2-4-13-41-39(64)43-28-10-8-26(9-11-28)6-7-27-16-29(19-44(21-35(50)51)22-36(52)53)42-30(17-27)20-45(23-37(54)55)24-38(56)57/h8-12,15-17,31-32,34,48H,2-7,13-14,18-25H2,1H3,(H,50,51)(H,52,53)(H,54,55)(H,56,57)(H,59,60)(H2,41,43,64)/t31-,32-,34-/m1/s1. The number of aliphatic hydroxyl groups is 1. The lowest BCUT2D eigenvalue weighted by molar-refractivity contribution is -0.144. The van der Waals surface area contributed by atoms with Gasteiger partial charge in [-0.1, -0.05) is 25.0 Å². The van der Waals surface area contributed by atoms with Crippen molar-refractivity contribution < 1.29 is 63.4 Å². The summed E-state index contributed by atoms with van der Waals surface area (Å²) >= 11 is 5.46. The van der Waals surface area contributed by atoms with Crippen LogP contribution in [0.25, 0.3) is 0 Å². The summed E-state index contributed by atoms with van der Waals surface area (Å²) in [5, 5.41) is 53.6. The smallest absolute Gasteiger partial charge is 0.333 e. The third-order valence-corrected chi connectivity index (χ3v) is 10.7. The molecule has 1 unspecified atom stereocenters. The van der Waals surface area contributed by atoms with Crippen LogP contribution in [0.15, 0.2) is 58.3 Å². The molecule has 8 N–H and O–H groups in total. The van der Waals surface area contributed by atoms with Crippen molar-refractivity contribution in [2.45, 2.75) is 83.0 Å². The molecule has 1 aromatic carbocycles. The number of aliphatic carboxylic acids is 4. The van der Waals surface area contributed by atoms with Gasteiger partial charge in [0, 0.05) is 57.2 Å². The van der Waals surface area contributed by atoms with Crippen LogP contribution in [0, 0.1) is 0 Å². The Morgan fingerprint density at radius 3 is 1.94 bits per heavy atom. The molecule has 0 radical (unpaired) electrons. The van der Waals surface area contributed by atoms with E-state index in [0.717, 1.165) is 47.3 Å². The van der Waals surface area contributed by atoms with Gasteiger partial charge in [0.25, 0.3) is 5.56 Å².